The van der Waals surface area contributed by atoms with Gasteiger partial charge < -0.3 is 15.0 Å². The normalized spacial score (nSPS) is 14.8. The Morgan fingerprint density at radius 2 is 1.97 bits per heavy atom. The summed E-state index contributed by atoms with van der Waals surface area (Å²) in [6.45, 7) is 11.4. The lowest BCUT2D eigenvalue weighted by atomic mass is 10.0. The minimum absolute atomic E-state index is 0.0309. The quantitative estimate of drug-likeness (QED) is 0.509. The number of aromatic nitrogens is 2. The fourth-order valence-electron chi connectivity index (χ4n) is 4.00. The maximum Gasteiger partial charge on any atom is 0.251 e. The SMILES string of the molecule is Cc1cc(C(=O)NCCCN2CCOCC2)ccc1-c1nc2c(C)c(C)c(Br)cc2[nH]1. The van der Waals surface area contributed by atoms with Gasteiger partial charge in [0.25, 0.3) is 5.91 Å². The molecule has 0 unspecified atom stereocenters. The van der Waals surface area contributed by atoms with E-state index < -0.39 is 0 Å². The smallest absolute Gasteiger partial charge is 0.251 e. The van der Waals surface area contributed by atoms with Crippen LogP contribution in [0, 0.1) is 20.8 Å². The highest BCUT2D eigenvalue weighted by atomic mass is 79.9. The molecular weight excluding hydrogens is 456 g/mol. The predicted octanol–water partition coefficient (Wildman–Crippen LogP) is 4.37. The molecule has 0 bridgehead atoms. The average Bonchev–Trinajstić information content (AvgIpc) is 3.19. The molecule has 1 aliphatic heterocycles. The Labute approximate surface area is 191 Å². The number of H-pyrrole nitrogens is 1. The van der Waals surface area contributed by atoms with Gasteiger partial charge in [-0.2, -0.15) is 0 Å². The standard InChI is InChI=1S/C24H29BrN4O2/c1-15-13-18(24(30)26-7-4-8-29-9-11-31-12-10-29)5-6-19(15)23-27-21-14-20(25)16(2)17(3)22(21)28-23/h5-6,13-14H,4,7-12H2,1-3H3,(H,26,30)(H,27,28). The molecule has 0 atom stereocenters. The number of benzene rings is 2. The summed E-state index contributed by atoms with van der Waals surface area (Å²) in [5.41, 5.74) is 7.06. The second-order valence-electron chi connectivity index (χ2n) is 8.18. The van der Waals surface area contributed by atoms with Gasteiger partial charge in [-0.05, 0) is 68.6 Å². The number of rotatable bonds is 6. The Kier molecular flexibility index (Phi) is 6.74. The topological polar surface area (TPSA) is 70.2 Å². The van der Waals surface area contributed by atoms with Gasteiger partial charge in [-0.15, -0.1) is 0 Å². The summed E-state index contributed by atoms with van der Waals surface area (Å²) in [4.78, 5) is 23.2. The van der Waals surface area contributed by atoms with E-state index in [1.807, 2.05) is 25.1 Å². The molecule has 1 amide bonds. The molecule has 7 heteroatoms. The van der Waals surface area contributed by atoms with Crippen LogP contribution in [0.1, 0.15) is 33.5 Å². The molecule has 1 aliphatic rings. The summed E-state index contributed by atoms with van der Waals surface area (Å²) in [6, 6.07) is 7.86. The van der Waals surface area contributed by atoms with Crippen molar-refractivity contribution >= 4 is 32.9 Å². The molecule has 1 saturated heterocycles. The number of nitrogens with zero attached hydrogens (tertiary/aromatic N) is 2. The Balaban J connectivity index is 1.42. The first kappa shape index (κ1) is 22.0. The van der Waals surface area contributed by atoms with E-state index in [4.69, 9.17) is 9.72 Å². The number of aryl methyl sites for hydroxylation is 2. The van der Waals surface area contributed by atoms with Crippen molar-refractivity contribution < 1.29 is 9.53 Å². The Morgan fingerprint density at radius 3 is 2.71 bits per heavy atom. The number of halogens is 1. The van der Waals surface area contributed by atoms with Crippen LogP contribution in [0.25, 0.3) is 22.4 Å². The Bertz CT molecular complexity index is 1100. The Morgan fingerprint density at radius 1 is 1.19 bits per heavy atom. The summed E-state index contributed by atoms with van der Waals surface area (Å²) in [7, 11) is 0. The zero-order valence-electron chi connectivity index (χ0n) is 18.3. The van der Waals surface area contributed by atoms with Crippen molar-refractivity contribution in [1.29, 1.82) is 0 Å². The van der Waals surface area contributed by atoms with E-state index in [0.29, 0.717) is 12.1 Å². The predicted molar refractivity (Wildman–Crippen MR) is 128 cm³/mol. The number of fused-ring (bicyclic) bond motifs is 1. The lowest BCUT2D eigenvalue weighted by Crippen LogP contribution is -2.38. The zero-order chi connectivity index (χ0) is 22.0. The van der Waals surface area contributed by atoms with Crippen LogP contribution in [0.5, 0.6) is 0 Å². The number of morpholine rings is 1. The molecule has 1 fully saturated rings. The van der Waals surface area contributed by atoms with Gasteiger partial charge >= 0.3 is 0 Å². The molecule has 1 aromatic heterocycles. The lowest BCUT2D eigenvalue weighted by molar-refractivity contribution is 0.0374. The van der Waals surface area contributed by atoms with E-state index >= 15 is 0 Å². The third kappa shape index (κ3) is 4.84. The zero-order valence-corrected chi connectivity index (χ0v) is 19.9. The summed E-state index contributed by atoms with van der Waals surface area (Å²) in [5, 5.41) is 3.04. The molecule has 31 heavy (non-hydrogen) atoms. The van der Waals surface area contributed by atoms with Crippen LogP contribution in [0.2, 0.25) is 0 Å². The molecule has 164 valence electrons. The van der Waals surface area contributed by atoms with Crippen LogP contribution in [0.4, 0.5) is 0 Å². The van der Waals surface area contributed by atoms with Gasteiger partial charge in [-0.3, -0.25) is 9.69 Å². The van der Waals surface area contributed by atoms with Crippen molar-refractivity contribution in [1.82, 2.24) is 20.2 Å². The maximum atomic E-state index is 12.6. The van der Waals surface area contributed by atoms with Crippen molar-refractivity contribution in [3.8, 4) is 11.4 Å². The summed E-state index contributed by atoms with van der Waals surface area (Å²) < 4.78 is 6.44. The molecule has 6 nitrogen and oxygen atoms in total. The van der Waals surface area contributed by atoms with Crippen molar-refractivity contribution in [3.05, 3.63) is 51.0 Å². The number of ether oxygens (including phenoxy) is 1. The van der Waals surface area contributed by atoms with Gasteiger partial charge in [-0.25, -0.2) is 4.98 Å². The van der Waals surface area contributed by atoms with Crippen molar-refractivity contribution in [2.45, 2.75) is 27.2 Å². The molecule has 2 heterocycles. The molecule has 0 aliphatic carbocycles. The molecule has 4 rings (SSSR count). The van der Waals surface area contributed by atoms with Gasteiger partial charge in [0.15, 0.2) is 0 Å². The van der Waals surface area contributed by atoms with Crippen molar-refractivity contribution in [3.63, 3.8) is 0 Å². The number of amides is 1. The monoisotopic (exact) mass is 484 g/mol. The van der Waals surface area contributed by atoms with E-state index in [1.165, 1.54) is 5.56 Å². The van der Waals surface area contributed by atoms with E-state index in [-0.39, 0.29) is 5.91 Å². The molecule has 3 aromatic rings. The number of hydrogen-bond donors (Lipinski definition) is 2. The number of aromatic amines is 1. The van der Waals surface area contributed by atoms with E-state index in [0.717, 1.165) is 77.3 Å². The van der Waals surface area contributed by atoms with Gasteiger partial charge in [0, 0.05) is 35.2 Å². The highest BCUT2D eigenvalue weighted by Crippen LogP contribution is 2.30. The van der Waals surface area contributed by atoms with Gasteiger partial charge in [-0.1, -0.05) is 22.0 Å². The van der Waals surface area contributed by atoms with Crippen LogP contribution in [-0.2, 0) is 4.74 Å². The Hall–Kier alpha value is -2.22. The molecule has 2 aromatic carbocycles. The first-order valence-corrected chi connectivity index (χ1v) is 11.6. The molecule has 2 N–H and O–H groups in total. The summed E-state index contributed by atoms with van der Waals surface area (Å²) >= 11 is 3.62. The first-order chi connectivity index (χ1) is 14.9. The minimum atomic E-state index is -0.0309. The number of carbonyl (C=O) groups excluding carboxylic acids is 1. The number of carbonyl (C=O) groups is 1. The second kappa shape index (κ2) is 9.51. The third-order valence-electron chi connectivity index (χ3n) is 6.06. The van der Waals surface area contributed by atoms with Crippen LogP contribution in [0.15, 0.2) is 28.7 Å². The highest BCUT2D eigenvalue weighted by molar-refractivity contribution is 9.10. The van der Waals surface area contributed by atoms with E-state index in [1.54, 1.807) is 0 Å². The van der Waals surface area contributed by atoms with Gasteiger partial charge in [0.2, 0.25) is 0 Å². The van der Waals surface area contributed by atoms with Crippen LogP contribution in [0.3, 0.4) is 0 Å². The second-order valence-corrected chi connectivity index (χ2v) is 9.04. The number of hydrogen-bond acceptors (Lipinski definition) is 4. The van der Waals surface area contributed by atoms with Crippen molar-refractivity contribution in [2.75, 3.05) is 39.4 Å². The van der Waals surface area contributed by atoms with Crippen molar-refractivity contribution in [2.24, 2.45) is 0 Å². The van der Waals surface area contributed by atoms with Gasteiger partial charge in [0.05, 0.1) is 24.2 Å². The fourth-order valence-corrected chi connectivity index (χ4v) is 4.52. The number of nitrogens with one attached hydrogen (secondary N) is 2. The number of imidazole rings is 1. The van der Waals surface area contributed by atoms with Crippen LogP contribution >= 0.6 is 15.9 Å². The van der Waals surface area contributed by atoms with E-state index in [9.17, 15) is 4.79 Å². The van der Waals surface area contributed by atoms with Crippen LogP contribution < -0.4 is 5.32 Å². The lowest BCUT2D eigenvalue weighted by Gasteiger charge is -2.26. The minimum Gasteiger partial charge on any atom is -0.379 e. The van der Waals surface area contributed by atoms with E-state index in [2.05, 4.69) is 51.0 Å². The van der Waals surface area contributed by atoms with Gasteiger partial charge in [0.1, 0.15) is 5.82 Å². The molecule has 0 radical (unpaired) electrons. The molecule has 0 saturated carbocycles. The first-order valence-electron chi connectivity index (χ1n) is 10.8. The fraction of sp³-hybridized carbons (Fsp3) is 0.417. The maximum absolute atomic E-state index is 12.6. The highest BCUT2D eigenvalue weighted by Gasteiger charge is 2.15. The average molecular weight is 485 g/mol. The molecule has 0 spiro atoms. The summed E-state index contributed by atoms with van der Waals surface area (Å²) in [6.07, 6.45) is 0.941. The summed E-state index contributed by atoms with van der Waals surface area (Å²) in [5.74, 6) is 0.794. The third-order valence-corrected chi connectivity index (χ3v) is 6.89. The van der Waals surface area contributed by atoms with Crippen LogP contribution in [-0.4, -0.2) is 60.2 Å². The largest absolute Gasteiger partial charge is 0.379 e. The molecular formula is C24H29BrN4O2.